The van der Waals surface area contributed by atoms with Crippen LogP contribution in [0.2, 0.25) is 0 Å². The Morgan fingerprint density at radius 2 is 2.09 bits per heavy atom. The van der Waals surface area contributed by atoms with Crippen LogP contribution < -0.4 is 5.32 Å². The first-order valence-electron chi connectivity index (χ1n) is 7.60. The Balaban J connectivity index is 2.11. The Bertz CT molecular complexity index is 726. The van der Waals surface area contributed by atoms with Crippen molar-refractivity contribution in [1.29, 1.82) is 0 Å². The van der Waals surface area contributed by atoms with E-state index in [1.165, 1.54) is 0 Å². The third-order valence-electron chi connectivity index (χ3n) is 3.76. The summed E-state index contributed by atoms with van der Waals surface area (Å²) in [6.07, 6.45) is 3.62. The number of hydrogen-bond donors (Lipinski definition) is 1. The lowest BCUT2D eigenvalue weighted by molar-refractivity contribution is 0.212. The minimum atomic E-state index is -0.932. The molecule has 2 unspecified atom stereocenters. The molecule has 0 bridgehead atoms. The zero-order valence-corrected chi connectivity index (χ0v) is 15.1. The average molecular weight is 336 g/mol. The SMILES string of the molecule is CC(CS(C)=O)N(C)C(=O)Nc1ccc2nn(C(C)C)cc2c1. The Labute approximate surface area is 139 Å². The van der Waals surface area contributed by atoms with Gasteiger partial charge in [-0.2, -0.15) is 5.10 Å². The van der Waals surface area contributed by atoms with E-state index in [0.29, 0.717) is 11.8 Å². The fourth-order valence-corrected chi connectivity index (χ4v) is 3.15. The molecule has 6 nitrogen and oxygen atoms in total. The molecular formula is C16H24N4O2S. The van der Waals surface area contributed by atoms with Gasteiger partial charge in [0.15, 0.2) is 0 Å². The first-order chi connectivity index (χ1) is 10.8. The van der Waals surface area contributed by atoms with Crippen LogP contribution in [0.3, 0.4) is 0 Å². The lowest BCUT2D eigenvalue weighted by Gasteiger charge is -2.24. The summed E-state index contributed by atoms with van der Waals surface area (Å²) in [6.45, 7) is 6.03. The molecule has 1 heterocycles. The summed E-state index contributed by atoms with van der Waals surface area (Å²) in [7, 11) is 0.778. The van der Waals surface area contributed by atoms with Gasteiger partial charge in [0, 0.05) is 59.2 Å². The van der Waals surface area contributed by atoms with E-state index in [-0.39, 0.29) is 12.1 Å². The smallest absolute Gasteiger partial charge is 0.321 e. The van der Waals surface area contributed by atoms with Gasteiger partial charge in [0.2, 0.25) is 0 Å². The molecule has 0 aliphatic rings. The lowest BCUT2D eigenvalue weighted by Crippen LogP contribution is -2.40. The molecule has 2 aromatic rings. The summed E-state index contributed by atoms with van der Waals surface area (Å²) in [4.78, 5) is 13.9. The van der Waals surface area contributed by atoms with Gasteiger partial charge in [0.25, 0.3) is 0 Å². The summed E-state index contributed by atoms with van der Waals surface area (Å²) < 4.78 is 13.2. The number of carbonyl (C=O) groups is 1. The van der Waals surface area contributed by atoms with Crippen LogP contribution in [0, 0.1) is 0 Å². The number of aromatic nitrogens is 2. The number of hydrogen-bond acceptors (Lipinski definition) is 3. The second kappa shape index (κ2) is 7.12. The second-order valence-electron chi connectivity index (χ2n) is 6.11. The summed E-state index contributed by atoms with van der Waals surface area (Å²) >= 11 is 0. The quantitative estimate of drug-likeness (QED) is 0.913. The summed E-state index contributed by atoms with van der Waals surface area (Å²) in [5, 5.41) is 8.35. The molecule has 2 atom stereocenters. The molecule has 0 saturated carbocycles. The van der Waals surface area contributed by atoms with E-state index in [1.54, 1.807) is 18.2 Å². The predicted octanol–water partition coefficient (Wildman–Crippen LogP) is 2.85. The number of carbonyl (C=O) groups excluding carboxylic acids is 1. The van der Waals surface area contributed by atoms with E-state index in [9.17, 15) is 9.00 Å². The highest BCUT2D eigenvalue weighted by Gasteiger charge is 2.17. The van der Waals surface area contributed by atoms with Crippen molar-refractivity contribution in [2.24, 2.45) is 0 Å². The van der Waals surface area contributed by atoms with Crippen LogP contribution in [0.4, 0.5) is 10.5 Å². The first kappa shape index (κ1) is 17.5. The van der Waals surface area contributed by atoms with E-state index in [0.717, 1.165) is 16.6 Å². The van der Waals surface area contributed by atoms with E-state index in [4.69, 9.17) is 0 Å². The first-order valence-corrected chi connectivity index (χ1v) is 9.33. The molecule has 0 fully saturated rings. The predicted molar refractivity (Wildman–Crippen MR) is 95.3 cm³/mol. The standard InChI is InChI=1S/C16H24N4O2S/c1-11(2)20-9-13-8-14(6-7-15(13)18-20)17-16(21)19(4)12(3)10-23(5)22/h6-9,11-12H,10H2,1-5H3,(H,17,21). The number of benzene rings is 1. The Morgan fingerprint density at radius 1 is 1.39 bits per heavy atom. The summed E-state index contributed by atoms with van der Waals surface area (Å²) in [5.41, 5.74) is 1.63. The topological polar surface area (TPSA) is 67.2 Å². The molecule has 7 heteroatoms. The van der Waals surface area contributed by atoms with E-state index < -0.39 is 10.8 Å². The van der Waals surface area contributed by atoms with Gasteiger partial charge in [0.05, 0.1) is 5.52 Å². The van der Waals surface area contributed by atoms with Crippen LogP contribution in [0.15, 0.2) is 24.4 Å². The zero-order chi connectivity index (χ0) is 17.1. The van der Waals surface area contributed by atoms with Crippen LogP contribution in [0.1, 0.15) is 26.8 Å². The van der Waals surface area contributed by atoms with Gasteiger partial charge in [-0.25, -0.2) is 4.79 Å². The molecule has 2 amide bonds. The molecule has 0 saturated heterocycles. The van der Waals surface area contributed by atoms with Crippen molar-refractivity contribution in [3.8, 4) is 0 Å². The molecule has 1 aromatic heterocycles. The Kier molecular flexibility index (Phi) is 5.41. The highest BCUT2D eigenvalue weighted by atomic mass is 32.2. The molecule has 0 radical (unpaired) electrons. The minimum Gasteiger partial charge on any atom is -0.324 e. The molecule has 0 aliphatic heterocycles. The van der Waals surface area contributed by atoms with Crippen molar-refractivity contribution in [2.75, 3.05) is 24.4 Å². The van der Waals surface area contributed by atoms with Crippen LogP contribution in [0.25, 0.3) is 10.9 Å². The van der Waals surface area contributed by atoms with Gasteiger partial charge in [0.1, 0.15) is 0 Å². The number of rotatable bonds is 5. The third-order valence-corrected chi connectivity index (χ3v) is 4.71. The molecule has 0 aliphatic carbocycles. The maximum absolute atomic E-state index is 12.3. The molecule has 1 N–H and O–H groups in total. The van der Waals surface area contributed by atoms with Crippen LogP contribution in [0.5, 0.6) is 0 Å². The summed E-state index contributed by atoms with van der Waals surface area (Å²) in [5.74, 6) is 0.462. The van der Waals surface area contributed by atoms with Crippen molar-refractivity contribution in [3.63, 3.8) is 0 Å². The van der Waals surface area contributed by atoms with Crippen LogP contribution >= 0.6 is 0 Å². The normalized spacial score (nSPS) is 14.0. The van der Waals surface area contributed by atoms with E-state index >= 15 is 0 Å². The maximum atomic E-state index is 12.3. The third kappa shape index (κ3) is 4.31. The number of urea groups is 1. The number of nitrogens with zero attached hydrogens (tertiary/aromatic N) is 3. The Morgan fingerprint density at radius 3 is 2.70 bits per heavy atom. The maximum Gasteiger partial charge on any atom is 0.321 e. The van der Waals surface area contributed by atoms with Gasteiger partial charge in [-0.15, -0.1) is 0 Å². The fourth-order valence-electron chi connectivity index (χ4n) is 2.25. The Hall–Kier alpha value is -1.89. The number of nitrogens with one attached hydrogen (secondary N) is 1. The molecule has 2 rings (SSSR count). The average Bonchev–Trinajstić information content (AvgIpc) is 2.89. The monoisotopic (exact) mass is 336 g/mol. The minimum absolute atomic E-state index is 0.0896. The van der Waals surface area contributed by atoms with Crippen LogP contribution in [-0.2, 0) is 10.8 Å². The van der Waals surface area contributed by atoms with Crippen molar-refractivity contribution < 1.29 is 9.00 Å². The molecule has 126 valence electrons. The van der Waals surface area contributed by atoms with Gasteiger partial charge >= 0.3 is 6.03 Å². The lowest BCUT2D eigenvalue weighted by atomic mass is 10.2. The zero-order valence-electron chi connectivity index (χ0n) is 14.2. The number of amides is 2. The highest BCUT2D eigenvalue weighted by molar-refractivity contribution is 7.84. The van der Waals surface area contributed by atoms with Crippen molar-refractivity contribution in [1.82, 2.24) is 14.7 Å². The second-order valence-corrected chi connectivity index (χ2v) is 7.59. The van der Waals surface area contributed by atoms with Crippen molar-refractivity contribution >= 4 is 33.4 Å². The number of fused-ring (bicyclic) bond motifs is 1. The summed E-state index contributed by atoms with van der Waals surface area (Å²) in [6, 6.07) is 5.65. The van der Waals surface area contributed by atoms with Crippen molar-refractivity contribution in [2.45, 2.75) is 32.9 Å². The highest BCUT2D eigenvalue weighted by Crippen LogP contribution is 2.20. The van der Waals surface area contributed by atoms with Gasteiger partial charge < -0.3 is 10.2 Å². The molecule has 1 aromatic carbocycles. The van der Waals surface area contributed by atoms with Gasteiger partial charge in [-0.05, 0) is 39.0 Å². The fraction of sp³-hybridized carbons (Fsp3) is 0.500. The van der Waals surface area contributed by atoms with Crippen molar-refractivity contribution in [3.05, 3.63) is 24.4 Å². The largest absolute Gasteiger partial charge is 0.324 e. The van der Waals surface area contributed by atoms with Gasteiger partial charge in [-0.3, -0.25) is 8.89 Å². The number of anilines is 1. The van der Waals surface area contributed by atoms with E-state index in [1.807, 2.05) is 36.0 Å². The van der Waals surface area contributed by atoms with Crippen LogP contribution in [-0.4, -0.2) is 50.0 Å². The molecular weight excluding hydrogens is 312 g/mol. The molecule has 0 spiro atoms. The van der Waals surface area contributed by atoms with Gasteiger partial charge in [-0.1, -0.05) is 0 Å². The molecule has 23 heavy (non-hydrogen) atoms. The van der Waals surface area contributed by atoms with E-state index in [2.05, 4.69) is 24.3 Å².